The third-order valence-corrected chi connectivity index (χ3v) is 7.26. The molecule has 1 aliphatic rings. The predicted octanol–water partition coefficient (Wildman–Crippen LogP) is 6.53. The molecule has 35 heavy (non-hydrogen) atoms. The van der Waals surface area contributed by atoms with Gasteiger partial charge in [-0.3, -0.25) is 14.3 Å². The molecule has 186 valence electrons. The summed E-state index contributed by atoms with van der Waals surface area (Å²) in [7, 11) is 0. The third-order valence-electron chi connectivity index (χ3n) is 6.94. The Morgan fingerprint density at radius 2 is 1.71 bits per heavy atom. The maximum Gasteiger partial charge on any atom is 0.257 e. The van der Waals surface area contributed by atoms with Crippen LogP contribution in [-0.4, -0.2) is 26.2 Å². The van der Waals surface area contributed by atoms with Gasteiger partial charge >= 0.3 is 0 Å². The van der Waals surface area contributed by atoms with Crippen LogP contribution in [0.2, 0.25) is 5.02 Å². The number of rotatable bonds is 6. The molecule has 1 atom stereocenters. The second-order valence-electron chi connectivity index (χ2n) is 9.63. The minimum Gasteiger partial charge on any atom is -0.345 e. The Labute approximate surface area is 211 Å². The Morgan fingerprint density at radius 3 is 2.34 bits per heavy atom. The van der Waals surface area contributed by atoms with Crippen LogP contribution in [-0.2, 0) is 4.79 Å². The van der Waals surface area contributed by atoms with Gasteiger partial charge in [0.2, 0.25) is 5.91 Å². The molecule has 0 saturated heterocycles. The molecular weight excluding hydrogens is 462 g/mol. The molecule has 1 fully saturated rings. The van der Waals surface area contributed by atoms with Crippen LogP contribution >= 0.6 is 11.6 Å². The van der Waals surface area contributed by atoms with Crippen LogP contribution < -0.4 is 10.6 Å². The average Bonchev–Trinajstić information content (AvgIpc) is 3.32. The lowest BCUT2D eigenvalue weighted by molar-refractivity contribution is -0.119. The number of carbonyl (C=O) groups is 2. The monoisotopic (exact) mass is 495 g/mol. The van der Waals surface area contributed by atoms with Gasteiger partial charge in [0, 0.05) is 28.8 Å². The van der Waals surface area contributed by atoms with Gasteiger partial charge in [0.15, 0.2) is 0 Å². The van der Waals surface area contributed by atoms with Crippen molar-refractivity contribution in [1.82, 2.24) is 14.3 Å². The molecule has 0 radical (unpaired) electrons. The molecule has 0 bridgehead atoms. The molecule has 1 unspecified atom stereocenters. The highest BCUT2D eigenvalue weighted by molar-refractivity contribution is 6.34. The van der Waals surface area contributed by atoms with E-state index >= 15 is 0 Å². The van der Waals surface area contributed by atoms with E-state index < -0.39 is 6.04 Å². The van der Waals surface area contributed by atoms with Gasteiger partial charge in [0.1, 0.15) is 6.04 Å². The Balaban J connectivity index is 1.45. The van der Waals surface area contributed by atoms with E-state index in [0.29, 0.717) is 28.0 Å². The zero-order chi connectivity index (χ0) is 25.3. The molecule has 2 heterocycles. The fraction of sp³-hybridized carbons (Fsp3) is 0.444. The zero-order valence-corrected chi connectivity index (χ0v) is 21.9. The highest BCUT2D eigenvalue weighted by atomic mass is 35.5. The number of anilines is 2. The molecule has 2 N–H and O–H groups in total. The van der Waals surface area contributed by atoms with E-state index in [1.165, 1.54) is 32.1 Å². The minimum atomic E-state index is -0.487. The normalized spacial score (nSPS) is 15.1. The molecule has 0 spiro atoms. The van der Waals surface area contributed by atoms with Crippen LogP contribution in [0.3, 0.4) is 0 Å². The van der Waals surface area contributed by atoms with Crippen molar-refractivity contribution >= 4 is 34.8 Å². The molecule has 4 rings (SSSR count). The van der Waals surface area contributed by atoms with Crippen LogP contribution in [0.4, 0.5) is 11.4 Å². The number of aryl methyl sites for hydroxylation is 3. The lowest BCUT2D eigenvalue weighted by atomic mass is 9.95. The largest absolute Gasteiger partial charge is 0.345 e. The maximum absolute atomic E-state index is 13.1. The van der Waals surface area contributed by atoms with E-state index in [4.69, 9.17) is 11.6 Å². The van der Waals surface area contributed by atoms with Crippen molar-refractivity contribution in [3.8, 4) is 0 Å². The molecule has 1 saturated carbocycles. The standard InChI is InChI=1S/C27H34ClN5O2/c1-16-13-18(3)33(31-16)20(5)26(34)30-25-12-11-21(15-24(25)28)29-27(35)23-14-17(2)32(19(23)4)22-9-7-6-8-10-22/h11-15,20,22H,6-10H2,1-5H3,(H,29,35)(H,30,34). The summed E-state index contributed by atoms with van der Waals surface area (Å²) < 4.78 is 4.01. The summed E-state index contributed by atoms with van der Waals surface area (Å²) in [6.07, 6.45) is 6.11. The Bertz CT molecular complexity index is 1250. The van der Waals surface area contributed by atoms with Crippen molar-refractivity contribution in [1.29, 1.82) is 0 Å². The average molecular weight is 496 g/mol. The minimum absolute atomic E-state index is 0.161. The molecule has 2 amide bonds. The fourth-order valence-electron chi connectivity index (χ4n) is 5.19. The number of halogens is 1. The third kappa shape index (κ3) is 5.30. The topological polar surface area (TPSA) is 81.0 Å². The van der Waals surface area contributed by atoms with E-state index in [2.05, 4.69) is 27.2 Å². The smallest absolute Gasteiger partial charge is 0.257 e. The molecule has 1 aliphatic carbocycles. The SMILES string of the molecule is Cc1cc(C)n(C(C)C(=O)Nc2ccc(NC(=O)c3cc(C)n(C4CCCCC4)c3C)cc2Cl)n1. The Kier molecular flexibility index (Phi) is 7.36. The molecule has 7 nitrogen and oxygen atoms in total. The van der Waals surface area contributed by atoms with E-state index in [9.17, 15) is 9.59 Å². The summed E-state index contributed by atoms with van der Waals surface area (Å²) in [5, 5.41) is 10.6. The van der Waals surface area contributed by atoms with E-state index in [1.54, 1.807) is 29.8 Å². The van der Waals surface area contributed by atoms with Crippen LogP contribution in [0.5, 0.6) is 0 Å². The summed E-state index contributed by atoms with van der Waals surface area (Å²) >= 11 is 6.46. The van der Waals surface area contributed by atoms with Gasteiger partial charge in [0.25, 0.3) is 5.91 Å². The van der Waals surface area contributed by atoms with Crippen molar-refractivity contribution in [2.24, 2.45) is 0 Å². The van der Waals surface area contributed by atoms with E-state index in [1.807, 2.05) is 32.9 Å². The molecule has 1 aromatic carbocycles. The number of nitrogens with one attached hydrogen (secondary N) is 2. The highest BCUT2D eigenvalue weighted by Gasteiger charge is 2.23. The van der Waals surface area contributed by atoms with Crippen LogP contribution in [0, 0.1) is 27.7 Å². The zero-order valence-electron chi connectivity index (χ0n) is 21.1. The molecule has 3 aromatic rings. The molecular formula is C27H34ClN5O2. The van der Waals surface area contributed by atoms with Crippen LogP contribution in [0.25, 0.3) is 0 Å². The first-order valence-corrected chi connectivity index (χ1v) is 12.7. The number of hydrogen-bond donors (Lipinski definition) is 2. The summed E-state index contributed by atoms with van der Waals surface area (Å²) in [5.74, 6) is -0.379. The van der Waals surface area contributed by atoms with Crippen molar-refractivity contribution in [3.05, 3.63) is 63.7 Å². The van der Waals surface area contributed by atoms with Gasteiger partial charge in [-0.1, -0.05) is 30.9 Å². The number of nitrogens with zero attached hydrogens (tertiary/aromatic N) is 3. The van der Waals surface area contributed by atoms with Crippen molar-refractivity contribution in [3.63, 3.8) is 0 Å². The fourth-order valence-corrected chi connectivity index (χ4v) is 5.41. The number of hydrogen-bond acceptors (Lipinski definition) is 3. The highest BCUT2D eigenvalue weighted by Crippen LogP contribution is 2.33. The summed E-state index contributed by atoms with van der Waals surface area (Å²) in [6.45, 7) is 9.69. The second-order valence-corrected chi connectivity index (χ2v) is 10.0. The van der Waals surface area contributed by atoms with Crippen LogP contribution in [0.1, 0.15) is 84.2 Å². The van der Waals surface area contributed by atoms with Gasteiger partial charge in [0.05, 0.1) is 22.0 Å². The number of benzene rings is 1. The maximum atomic E-state index is 13.1. The van der Waals surface area contributed by atoms with Gasteiger partial charge in [-0.2, -0.15) is 5.10 Å². The Morgan fingerprint density at radius 1 is 1.00 bits per heavy atom. The van der Waals surface area contributed by atoms with E-state index in [-0.39, 0.29) is 11.8 Å². The summed E-state index contributed by atoms with van der Waals surface area (Å²) in [6, 6.07) is 8.99. The second kappa shape index (κ2) is 10.3. The number of aromatic nitrogens is 3. The summed E-state index contributed by atoms with van der Waals surface area (Å²) in [4.78, 5) is 25.9. The first-order chi connectivity index (χ1) is 16.7. The van der Waals surface area contributed by atoms with Crippen molar-refractivity contribution in [2.75, 3.05) is 10.6 Å². The van der Waals surface area contributed by atoms with Crippen LogP contribution in [0.15, 0.2) is 30.3 Å². The summed E-state index contributed by atoms with van der Waals surface area (Å²) in [5.41, 5.74) is 5.63. The van der Waals surface area contributed by atoms with Gasteiger partial charge in [-0.05, 0) is 77.8 Å². The first-order valence-electron chi connectivity index (χ1n) is 12.3. The first kappa shape index (κ1) is 25.0. The Hall–Kier alpha value is -3.06. The predicted molar refractivity (Wildman–Crippen MR) is 140 cm³/mol. The van der Waals surface area contributed by atoms with Gasteiger partial charge in [-0.15, -0.1) is 0 Å². The lowest BCUT2D eigenvalue weighted by Crippen LogP contribution is -2.25. The van der Waals surface area contributed by atoms with Gasteiger partial charge < -0.3 is 15.2 Å². The molecule has 2 aromatic heterocycles. The van der Waals surface area contributed by atoms with Crippen molar-refractivity contribution in [2.45, 2.75) is 78.8 Å². The number of carbonyl (C=O) groups excluding carboxylic acids is 2. The van der Waals surface area contributed by atoms with Gasteiger partial charge in [-0.25, -0.2) is 0 Å². The number of amides is 2. The molecule has 8 heteroatoms. The van der Waals surface area contributed by atoms with E-state index in [0.717, 1.165) is 22.8 Å². The quantitative estimate of drug-likeness (QED) is 0.408. The van der Waals surface area contributed by atoms with Crippen molar-refractivity contribution < 1.29 is 9.59 Å². The molecule has 0 aliphatic heterocycles. The lowest BCUT2D eigenvalue weighted by Gasteiger charge is -2.26.